The molecular formula is C27H29N5O3. The molecule has 0 radical (unpaired) electrons. The van der Waals surface area contributed by atoms with Gasteiger partial charge in [0.25, 0.3) is 5.91 Å². The van der Waals surface area contributed by atoms with Gasteiger partial charge >= 0.3 is 5.97 Å². The van der Waals surface area contributed by atoms with E-state index in [1.807, 2.05) is 60.4 Å². The number of hydrogen-bond acceptors (Lipinski definition) is 6. The summed E-state index contributed by atoms with van der Waals surface area (Å²) >= 11 is 0. The first kappa shape index (κ1) is 24.2. The molecular weight excluding hydrogens is 442 g/mol. The van der Waals surface area contributed by atoms with Gasteiger partial charge in [-0.25, -0.2) is 9.48 Å². The second-order valence-corrected chi connectivity index (χ2v) is 8.55. The minimum atomic E-state index is -0.391. The number of aromatic nitrogens is 2. The summed E-state index contributed by atoms with van der Waals surface area (Å²) in [6, 6.07) is 17.1. The van der Waals surface area contributed by atoms with Crippen LogP contribution in [-0.4, -0.2) is 64.2 Å². The number of nitrogens with zero attached hydrogens (tertiary/aromatic N) is 5. The summed E-state index contributed by atoms with van der Waals surface area (Å²) in [4.78, 5) is 29.5. The van der Waals surface area contributed by atoms with Gasteiger partial charge in [-0.05, 0) is 62.2 Å². The lowest BCUT2D eigenvalue weighted by atomic mass is 10.1. The van der Waals surface area contributed by atoms with E-state index in [-0.39, 0.29) is 5.91 Å². The average molecular weight is 472 g/mol. The van der Waals surface area contributed by atoms with Crippen molar-refractivity contribution < 1.29 is 14.3 Å². The van der Waals surface area contributed by atoms with E-state index >= 15 is 0 Å². The summed E-state index contributed by atoms with van der Waals surface area (Å²) < 4.78 is 6.75. The number of amides is 1. The molecule has 1 saturated heterocycles. The Labute approximate surface area is 205 Å². The van der Waals surface area contributed by atoms with E-state index in [1.54, 1.807) is 11.6 Å². The van der Waals surface area contributed by atoms with E-state index in [2.05, 4.69) is 16.1 Å². The topological polar surface area (TPSA) is 91.5 Å². The number of esters is 1. The molecule has 0 aliphatic carbocycles. The maximum atomic E-state index is 13.2. The summed E-state index contributed by atoms with van der Waals surface area (Å²) in [5.41, 5.74) is 4.36. The molecule has 1 fully saturated rings. The quantitative estimate of drug-likeness (QED) is 0.511. The van der Waals surface area contributed by atoms with Crippen LogP contribution < -0.4 is 0 Å². The van der Waals surface area contributed by atoms with Crippen LogP contribution in [0.4, 0.5) is 0 Å². The molecule has 180 valence electrons. The summed E-state index contributed by atoms with van der Waals surface area (Å²) in [6.07, 6.45) is 2.41. The number of carbonyl (C=O) groups excluding carboxylic acids is 2. The molecule has 2 heterocycles. The fourth-order valence-corrected chi connectivity index (χ4v) is 4.28. The summed E-state index contributed by atoms with van der Waals surface area (Å²) in [5.74, 6) is -0.376. The van der Waals surface area contributed by atoms with Crippen LogP contribution in [0.15, 0.2) is 54.7 Å². The van der Waals surface area contributed by atoms with Crippen molar-refractivity contribution in [3.05, 3.63) is 82.7 Å². The van der Waals surface area contributed by atoms with Crippen LogP contribution >= 0.6 is 0 Å². The highest BCUT2D eigenvalue weighted by Crippen LogP contribution is 2.18. The first-order valence-corrected chi connectivity index (χ1v) is 11.8. The van der Waals surface area contributed by atoms with Gasteiger partial charge in [-0.2, -0.15) is 10.4 Å². The molecule has 3 aromatic rings. The first-order valence-electron chi connectivity index (χ1n) is 11.8. The van der Waals surface area contributed by atoms with E-state index < -0.39 is 5.97 Å². The smallest absolute Gasteiger partial charge is 0.341 e. The molecule has 0 spiro atoms. The molecule has 35 heavy (non-hydrogen) atoms. The zero-order valence-electron chi connectivity index (χ0n) is 20.1. The Balaban J connectivity index is 1.38. The molecule has 8 nitrogen and oxygen atoms in total. The Hall–Kier alpha value is -3.96. The molecule has 4 rings (SSSR count). The van der Waals surface area contributed by atoms with E-state index in [0.717, 1.165) is 31.7 Å². The summed E-state index contributed by atoms with van der Waals surface area (Å²) in [6.45, 7) is 7.80. The van der Waals surface area contributed by atoms with Gasteiger partial charge in [-0.1, -0.05) is 12.1 Å². The van der Waals surface area contributed by atoms with Gasteiger partial charge in [0.2, 0.25) is 0 Å². The molecule has 1 amide bonds. The van der Waals surface area contributed by atoms with Crippen molar-refractivity contribution in [1.82, 2.24) is 19.6 Å². The highest BCUT2D eigenvalue weighted by molar-refractivity contribution is 5.94. The van der Waals surface area contributed by atoms with Crippen LogP contribution in [0.1, 0.15) is 50.9 Å². The number of benzene rings is 2. The molecule has 1 aliphatic heterocycles. The number of nitriles is 1. The van der Waals surface area contributed by atoms with Gasteiger partial charge in [0.05, 0.1) is 35.8 Å². The van der Waals surface area contributed by atoms with Crippen LogP contribution in [0, 0.1) is 18.3 Å². The predicted octanol–water partition coefficient (Wildman–Crippen LogP) is 3.58. The van der Waals surface area contributed by atoms with Gasteiger partial charge in [0.15, 0.2) is 0 Å². The third kappa shape index (κ3) is 5.58. The van der Waals surface area contributed by atoms with E-state index in [4.69, 9.17) is 10.00 Å². The summed E-state index contributed by atoms with van der Waals surface area (Å²) in [7, 11) is 0. The maximum absolute atomic E-state index is 13.2. The molecule has 0 N–H and O–H groups in total. The third-order valence-electron chi connectivity index (χ3n) is 6.23. The number of carbonyl (C=O) groups is 2. The van der Waals surface area contributed by atoms with Crippen molar-refractivity contribution >= 4 is 11.9 Å². The van der Waals surface area contributed by atoms with E-state index in [1.165, 1.54) is 11.8 Å². The zero-order chi connectivity index (χ0) is 24.8. The van der Waals surface area contributed by atoms with Crippen molar-refractivity contribution in [2.24, 2.45) is 0 Å². The molecule has 0 saturated carbocycles. The van der Waals surface area contributed by atoms with Crippen molar-refractivity contribution in [2.75, 3.05) is 32.8 Å². The predicted molar refractivity (Wildman–Crippen MR) is 131 cm³/mol. The minimum absolute atomic E-state index is 0.0150. The summed E-state index contributed by atoms with van der Waals surface area (Å²) in [5, 5.41) is 13.3. The lowest BCUT2D eigenvalue weighted by molar-refractivity contribution is 0.0525. The normalized spacial score (nSPS) is 14.3. The maximum Gasteiger partial charge on any atom is 0.341 e. The van der Waals surface area contributed by atoms with Crippen LogP contribution in [0.3, 0.4) is 0 Å². The average Bonchev–Trinajstić information content (AvgIpc) is 3.11. The fraction of sp³-hybridized carbons (Fsp3) is 0.333. The SMILES string of the molecule is CCOC(=O)c1cnn(-c2ccc(C(=O)N3CCCN(Cc4ccc(C#N)cc4)CC3)cc2)c1C. The van der Waals surface area contributed by atoms with Crippen LogP contribution in [0.25, 0.3) is 5.69 Å². The highest BCUT2D eigenvalue weighted by Gasteiger charge is 2.21. The molecule has 0 unspecified atom stereocenters. The van der Waals surface area contributed by atoms with Crippen molar-refractivity contribution in [2.45, 2.75) is 26.8 Å². The molecule has 2 aromatic carbocycles. The second kappa shape index (κ2) is 11.0. The Morgan fingerprint density at radius 3 is 2.46 bits per heavy atom. The van der Waals surface area contributed by atoms with Crippen molar-refractivity contribution in [1.29, 1.82) is 5.26 Å². The Kier molecular flexibility index (Phi) is 7.58. The number of hydrogen-bond donors (Lipinski definition) is 0. The molecule has 0 bridgehead atoms. The number of rotatable bonds is 6. The molecule has 1 aromatic heterocycles. The van der Waals surface area contributed by atoms with Crippen LogP contribution in [0.5, 0.6) is 0 Å². The van der Waals surface area contributed by atoms with Crippen molar-refractivity contribution in [3.8, 4) is 11.8 Å². The third-order valence-corrected chi connectivity index (χ3v) is 6.23. The Bertz CT molecular complexity index is 1230. The lowest BCUT2D eigenvalue weighted by Gasteiger charge is -2.22. The van der Waals surface area contributed by atoms with Gasteiger partial charge < -0.3 is 9.64 Å². The zero-order valence-corrected chi connectivity index (χ0v) is 20.1. The number of ether oxygens (including phenoxy) is 1. The fourth-order valence-electron chi connectivity index (χ4n) is 4.28. The monoisotopic (exact) mass is 471 g/mol. The lowest BCUT2D eigenvalue weighted by Crippen LogP contribution is -2.35. The standard InChI is InChI=1S/C27H29N5O3/c1-3-35-27(34)25-18-29-32(20(25)2)24-11-9-23(10-12-24)26(33)31-14-4-13-30(15-16-31)19-22-7-5-21(17-28)6-8-22/h5-12,18H,3-4,13-16,19H2,1-2H3. The Morgan fingerprint density at radius 1 is 1.03 bits per heavy atom. The highest BCUT2D eigenvalue weighted by atomic mass is 16.5. The van der Waals surface area contributed by atoms with Crippen LogP contribution in [-0.2, 0) is 11.3 Å². The van der Waals surface area contributed by atoms with Crippen molar-refractivity contribution in [3.63, 3.8) is 0 Å². The van der Waals surface area contributed by atoms with Gasteiger partial charge in [-0.15, -0.1) is 0 Å². The molecule has 0 atom stereocenters. The van der Waals surface area contributed by atoms with Gasteiger partial charge in [0.1, 0.15) is 5.56 Å². The van der Waals surface area contributed by atoms with Gasteiger partial charge in [0, 0.05) is 38.3 Å². The largest absolute Gasteiger partial charge is 0.462 e. The molecule has 8 heteroatoms. The van der Waals surface area contributed by atoms with E-state index in [0.29, 0.717) is 42.1 Å². The van der Waals surface area contributed by atoms with E-state index in [9.17, 15) is 9.59 Å². The first-order chi connectivity index (χ1) is 17.0. The Morgan fingerprint density at radius 2 is 1.77 bits per heavy atom. The molecule has 1 aliphatic rings. The minimum Gasteiger partial charge on any atom is -0.462 e. The second-order valence-electron chi connectivity index (χ2n) is 8.55. The van der Waals surface area contributed by atoms with Crippen LogP contribution in [0.2, 0.25) is 0 Å². The van der Waals surface area contributed by atoms with Gasteiger partial charge in [-0.3, -0.25) is 9.69 Å².